The zero-order valence-electron chi connectivity index (χ0n) is 16.7. The van der Waals surface area contributed by atoms with E-state index in [4.69, 9.17) is 4.74 Å². The van der Waals surface area contributed by atoms with Crippen molar-refractivity contribution in [3.63, 3.8) is 0 Å². The van der Waals surface area contributed by atoms with Gasteiger partial charge in [0, 0.05) is 7.05 Å². The van der Waals surface area contributed by atoms with E-state index in [0.717, 1.165) is 15.6 Å². The minimum Gasteiger partial charge on any atom is -0.465 e. The van der Waals surface area contributed by atoms with Crippen LogP contribution in [0.25, 0.3) is 5.69 Å². The number of methoxy groups -OCH3 is 1. The first-order chi connectivity index (χ1) is 13.3. The van der Waals surface area contributed by atoms with Crippen molar-refractivity contribution < 1.29 is 32.2 Å². The van der Waals surface area contributed by atoms with Gasteiger partial charge in [0.15, 0.2) is 5.69 Å². The van der Waals surface area contributed by atoms with Crippen LogP contribution in [0.3, 0.4) is 0 Å². The number of hydrogen-bond donors (Lipinski definition) is 0. The lowest BCUT2D eigenvalue weighted by atomic mass is 10.2. The summed E-state index contributed by atoms with van der Waals surface area (Å²) in [7, 11) is 2.64. The quantitative estimate of drug-likeness (QED) is 0.708. The maximum atomic E-state index is 13.2. The second-order valence-corrected chi connectivity index (χ2v) is 7.31. The van der Waals surface area contributed by atoms with Gasteiger partial charge in [0.05, 0.1) is 30.6 Å². The van der Waals surface area contributed by atoms with Crippen LogP contribution in [0.2, 0.25) is 0 Å². The molecule has 10 heteroatoms. The molecule has 0 saturated carbocycles. The number of amides is 1. The van der Waals surface area contributed by atoms with Gasteiger partial charge in [0.1, 0.15) is 5.60 Å². The molecule has 158 valence electrons. The number of hydrogen-bond acceptors (Lipinski definition) is 5. The molecule has 0 unspecified atom stereocenters. The van der Waals surface area contributed by atoms with Gasteiger partial charge in [-0.15, -0.1) is 0 Å². The highest BCUT2D eigenvalue weighted by atomic mass is 19.4. The summed E-state index contributed by atoms with van der Waals surface area (Å²) in [5.41, 5.74) is -1.18. The minimum absolute atomic E-state index is 0.122. The number of halogens is 3. The molecule has 1 heterocycles. The molecule has 0 N–H and O–H groups in total. The van der Waals surface area contributed by atoms with E-state index in [1.807, 2.05) is 0 Å². The highest BCUT2D eigenvalue weighted by Crippen LogP contribution is 2.30. The summed E-state index contributed by atoms with van der Waals surface area (Å²) < 4.78 is 50.5. The summed E-state index contributed by atoms with van der Waals surface area (Å²) >= 11 is 0. The SMILES string of the molecule is COC(=O)c1ccc(-n2nc(C(F)(F)F)cc2CN(C)C(=O)OC(C)(C)C)cc1. The van der Waals surface area contributed by atoms with E-state index in [1.54, 1.807) is 20.8 Å². The van der Waals surface area contributed by atoms with E-state index < -0.39 is 29.5 Å². The minimum atomic E-state index is -4.66. The Morgan fingerprint density at radius 2 is 1.72 bits per heavy atom. The molecule has 1 amide bonds. The van der Waals surface area contributed by atoms with E-state index in [2.05, 4.69) is 9.84 Å². The van der Waals surface area contributed by atoms with Crippen LogP contribution in [0, 0.1) is 0 Å². The Morgan fingerprint density at radius 3 is 2.21 bits per heavy atom. The van der Waals surface area contributed by atoms with Crippen LogP contribution in [0.5, 0.6) is 0 Å². The summed E-state index contributed by atoms with van der Waals surface area (Å²) in [5, 5.41) is 3.63. The molecule has 0 spiro atoms. The molecule has 1 aromatic carbocycles. The first-order valence-electron chi connectivity index (χ1n) is 8.61. The number of aromatic nitrogens is 2. The van der Waals surface area contributed by atoms with Crippen molar-refractivity contribution in [1.82, 2.24) is 14.7 Å². The average Bonchev–Trinajstić information content (AvgIpc) is 3.04. The largest absolute Gasteiger partial charge is 0.465 e. The molecule has 0 aliphatic heterocycles. The highest BCUT2D eigenvalue weighted by Gasteiger charge is 2.35. The van der Waals surface area contributed by atoms with Crippen LogP contribution in [0.15, 0.2) is 30.3 Å². The van der Waals surface area contributed by atoms with Gasteiger partial charge >= 0.3 is 18.2 Å². The van der Waals surface area contributed by atoms with Gasteiger partial charge in [-0.05, 0) is 51.1 Å². The predicted molar refractivity (Wildman–Crippen MR) is 97.6 cm³/mol. The van der Waals surface area contributed by atoms with Crippen molar-refractivity contribution >= 4 is 12.1 Å². The van der Waals surface area contributed by atoms with Gasteiger partial charge in [-0.1, -0.05) is 0 Å². The Balaban J connectivity index is 2.38. The molecule has 0 bridgehead atoms. The lowest BCUT2D eigenvalue weighted by Crippen LogP contribution is -2.34. The lowest BCUT2D eigenvalue weighted by Gasteiger charge is -2.24. The fourth-order valence-corrected chi connectivity index (χ4v) is 2.40. The number of rotatable bonds is 4. The molecule has 2 aromatic rings. The first kappa shape index (κ1) is 22.3. The van der Waals surface area contributed by atoms with Gasteiger partial charge in [-0.25, -0.2) is 14.3 Å². The monoisotopic (exact) mass is 413 g/mol. The fourth-order valence-electron chi connectivity index (χ4n) is 2.40. The molecule has 0 saturated heterocycles. The Morgan fingerprint density at radius 1 is 1.14 bits per heavy atom. The van der Waals surface area contributed by atoms with Gasteiger partial charge < -0.3 is 14.4 Å². The van der Waals surface area contributed by atoms with Crippen LogP contribution in [0.1, 0.15) is 42.5 Å². The average molecular weight is 413 g/mol. The molecule has 0 aliphatic carbocycles. The van der Waals surface area contributed by atoms with Crippen molar-refractivity contribution in [1.29, 1.82) is 0 Å². The van der Waals surface area contributed by atoms with E-state index in [9.17, 15) is 22.8 Å². The maximum Gasteiger partial charge on any atom is 0.435 e. The normalized spacial score (nSPS) is 11.9. The summed E-state index contributed by atoms with van der Waals surface area (Å²) in [6, 6.07) is 6.58. The number of esters is 1. The number of ether oxygens (including phenoxy) is 2. The molecule has 29 heavy (non-hydrogen) atoms. The second kappa shape index (κ2) is 8.14. The van der Waals surface area contributed by atoms with Gasteiger partial charge in [0.25, 0.3) is 0 Å². The Bertz CT molecular complexity index is 884. The third-order valence-corrected chi connectivity index (χ3v) is 3.71. The number of alkyl halides is 3. The number of carbonyl (C=O) groups is 2. The highest BCUT2D eigenvalue weighted by molar-refractivity contribution is 5.89. The third-order valence-electron chi connectivity index (χ3n) is 3.71. The van der Waals surface area contributed by atoms with E-state index in [0.29, 0.717) is 5.69 Å². The van der Waals surface area contributed by atoms with Crippen LogP contribution in [-0.2, 0) is 22.2 Å². The van der Waals surface area contributed by atoms with Crippen LogP contribution < -0.4 is 0 Å². The fraction of sp³-hybridized carbons (Fsp3) is 0.421. The number of nitrogens with zero attached hydrogens (tertiary/aromatic N) is 3. The topological polar surface area (TPSA) is 73.7 Å². The van der Waals surface area contributed by atoms with Crippen LogP contribution >= 0.6 is 0 Å². The maximum absolute atomic E-state index is 13.2. The van der Waals surface area contributed by atoms with Crippen molar-refractivity contribution in [3.05, 3.63) is 47.3 Å². The zero-order chi connectivity index (χ0) is 22.0. The Kier molecular flexibility index (Phi) is 6.24. The predicted octanol–water partition coefficient (Wildman–Crippen LogP) is 4.04. The Labute approximate surface area is 166 Å². The van der Waals surface area contributed by atoms with Crippen LogP contribution in [0.4, 0.5) is 18.0 Å². The molecule has 1 aromatic heterocycles. The molecule has 0 radical (unpaired) electrons. The third kappa shape index (κ3) is 5.72. The lowest BCUT2D eigenvalue weighted by molar-refractivity contribution is -0.141. The summed E-state index contributed by atoms with van der Waals surface area (Å²) in [4.78, 5) is 24.9. The second-order valence-electron chi connectivity index (χ2n) is 7.31. The molecule has 2 rings (SSSR count). The summed E-state index contributed by atoms with van der Waals surface area (Å²) in [5.74, 6) is -0.571. The Hall–Kier alpha value is -3.04. The van der Waals surface area contributed by atoms with Crippen molar-refractivity contribution in [3.8, 4) is 5.69 Å². The first-order valence-corrected chi connectivity index (χ1v) is 8.61. The van der Waals surface area contributed by atoms with E-state index in [-0.39, 0.29) is 17.8 Å². The van der Waals surface area contributed by atoms with Gasteiger partial charge in [0.2, 0.25) is 0 Å². The molecule has 7 nitrogen and oxygen atoms in total. The van der Waals surface area contributed by atoms with Gasteiger partial charge in [-0.3, -0.25) is 0 Å². The van der Waals surface area contributed by atoms with Gasteiger partial charge in [-0.2, -0.15) is 18.3 Å². The standard InChI is InChI=1S/C19H22F3N3O4/c1-18(2,3)29-17(27)24(4)11-14-10-15(19(20,21)22)23-25(14)13-8-6-12(7-9-13)16(26)28-5/h6-10H,11H2,1-5H3. The number of carbonyl (C=O) groups excluding carboxylic acids is 2. The van der Waals surface area contributed by atoms with E-state index >= 15 is 0 Å². The van der Waals surface area contributed by atoms with Crippen molar-refractivity contribution in [2.75, 3.05) is 14.2 Å². The molecular formula is C19H22F3N3O4. The molecule has 0 atom stereocenters. The number of benzene rings is 1. The molecule has 0 fully saturated rings. The van der Waals surface area contributed by atoms with Crippen LogP contribution in [-0.4, -0.2) is 46.5 Å². The van der Waals surface area contributed by atoms with E-state index in [1.165, 1.54) is 38.4 Å². The smallest absolute Gasteiger partial charge is 0.435 e. The molecule has 0 aliphatic rings. The zero-order valence-corrected chi connectivity index (χ0v) is 16.7. The van der Waals surface area contributed by atoms with Crippen molar-refractivity contribution in [2.24, 2.45) is 0 Å². The van der Waals surface area contributed by atoms with Crippen molar-refractivity contribution in [2.45, 2.75) is 39.1 Å². The summed E-state index contributed by atoms with van der Waals surface area (Å²) in [6.07, 6.45) is -5.34. The summed E-state index contributed by atoms with van der Waals surface area (Å²) in [6.45, 7) is 4.89. The molecular weight excluding hydrogens is 391 g/mol.